The normalized spacial score (nSPS) is 13.2. The maximum Gasteiger partial charge on any atom is 0.146 e. The average molecular weight is 167 g/mol. The van der Waals surface area contributed by atoms with Gasteiger partial charge in [-0.2, -0.15) is 0 Å². The van der Waals surface area contributed by atoms with Gasteiger partial charge in [-0.3, -0.25) is 0 Å². The summed E-state index contributed by atoms with van der Waals surface area (Å²) in [5.74, 6) is 0. The number of nitrogens with two attached hydrogens (primary N) is 1. The van der Waals surface area contributed by atoms with Crippen molar-refractivity contribution >= 4 is 16.2 Å². The molecule has 3 heteroatoms. The second-order valence-electron chi connectivity index (χ2n) is 2.55. The highest BCUT2D eigenvalue weighted by atomic mass is 28.2. The van der Waals surface area contributed by atoms with Crippen LogP contribution in [0, 0.1) is 0 Å². The predicted molar refractivity (Wildman–Crippen MR) is 50.3 cm³/mol. The first-order chi connectivity index (χ1) is 5.24. The Morgan fingerprint density at radius 3 is 2.82 bits per heavy atom. The topological polar surface area (TPSA) is 35.2 Å². The van der Waals surface area contributed by atoms with Crippen LogP contribution in [0.3, 0.4) is 0 Å². The molecule has 0 aromatic heterocycles. The van der Waals surface area contributed by atoms with E-state index in [2.05, 4.69) is 0 Å². The summed E-state index contributed by atoms with van der Waals surface area (Å²) in [6, 6.07) is 7.80. The first kappa shape index (κ1) is 8.29. The van der Waals surface area contributed by atoms with E-state index >= 15 is 0 Å². The highest BCUT2D eigenvalue weighted by Gasteiger charge is 2.01. The van der Waals surface area contributed by atoms with Crippen LogP contribution in [0.4, 0.5) is 5.69 Å². The van der Waals surface area contributed by atoms with Crippen LogP contribution in [0.2, 0.25) is 0 Å². The third-order valence-corrected chi connectivity index (χ3v) is 2.44. The third-order valence-electron chi connectivity index (χ3n) is 1.73. The molecule has 0 amide bonds. The van der Waals surface area contributed by atoms with E-state index in [1.807, 2.05) is 31.2 Å². The number of nitrogen functional groups attached to an aromatic ring is 1. The van der Waals surface area contributed by atoms with Crippen molar-refractivity contribution in [1.29, 1.82) is 0 Å². The van der Waals surface area contributed by atoms with E-state index < -0.39 is 0 Å². The number of hydrogen-bond donors (Lipinski definition) is 1. The van der Waals surface area contributed by atoms with Gasteiger partial charge < -0.3 is 10.2 Å². The molecule has 0 aliphatic rings. The molecule has 0 saturated heterocycles. The van der Waals surface area contributed by atoms with E-state index in [4.69, 9.17) is 10.2 Å². The Kier molecular flexibility index (Phi) is 2.68. The van der Waals surface area contributed by atoms with Crippen LogP contribution in [0.25, 0.3) is 0 Å². The Balaban J connectivity index is 2.86. The van der Waals surface area contributed by atoms with Gasteiger partial charge >= 0.3 is 0 Å². The highest BCUT2D eigenvalue weighted by Crippen LogP contribution is 2.17. The second kappa shape index (κ2) is 3.55. The quantitative estimate of drug-likeness (QED) is 0.518. The molecule has 0 spiro atoms. The number of benzene rings is 1. The van der Waals surface area contributed by atoms with E-state index in [0.717, 1.165) is 21.7 Å². The molecule has 60 valence electrons. The van der Waals surface area contributed by atoms with Crippen molar-refractivity contribution < 1.29 is 4.43 Å². The molecule has 0 fully saturated rings. The summed E-state index contributed by atoms with van der Waals surface area (Å²) in [4.78, 5) is 0. The molecule has 1 rings (SSSR count). The van der Waals surface area contributed by atoms with Gasteiger partial charge in [-0.05, 0) is 24.6 Å². The maximum absolute atomic E-state index is 5.61. The summed E-state index contributed by atoms with van der Waals surface area (Å²) >= 11 is 0. The minimum atomic E-state index is 0.185. The Bertz CT molecular complexity index is 239. The summed E-state index contributed by atoms with van der Waals surface area (Å²) in [5.41, 5.74) is 7.56. The number of rotatable bonds is 2. The zero-order valence-corrected chi connectivity index (χ0v) is 8.87. The van der Waals surface area contributed by atoms with Crippen LogP contribution < -0.4 is 5.73 Å². The summed E-state index contributed by atoms with van der Waals surface area (Å²) in [6.45, 7) is 2.03. The molecule has 1 unspecified atom stereocenters. The molecule has 1 aromatic carbocycles. The van der Waals surface area contributed by atoms with Crippen molar-refractivity contribution in [3.05, 3.63) is 29.8 Å². The fourth-order valence-electron chi connectivity index (χ4n) is 0.948. The monoisotopic (exact) mass is 167 g/mol. The molecule has 1 aromatic rings. The molecule has 0 aliphatic carbocycles. The van der Waals surface area contributed by atoms with Crippen LogP contribution >= 0.6 is 0 Å². The number of anilines is 1. The van der Waals surface area contributed by atoms with Gasteiger partial charge in [0.2, 0.25) is 0 Å². The average Bonchev–Trinajstić information content (AvgIpc) is 2.03. The molecule has 2 nitrogen and oxygen atoms in total. The van der Waals surface area contributed by atoms with E-state index in [1.54, 1.807) is 0 Å². The van der Waals surface area contributed by atoms with Crippen LogP contribution in [-0.2, 0) is 4.43 Å². The van der Waals surface area contributed by atoms with Crippen molar-refractivity contribution in [2.45, 2.75) is 13.0 Å². The van der Waals surface area contributed by atoms with E-state index in [9.17, 15) is 0 Å². The molecule has 11 heavy (non-hydrogen) atoms. The summed E-state index contributed by atoms with van der Waals surface area (Å²) < 4.78 is 5.27. The second-order valence-corrected chi connectivity index (χ2v) is 3.02. The van der Waals surface area contributed by atoms with Crippen molar-refractivity contribution in [3.8, 4) is 0 Å². The number of hydrogen-bond acceptors (Lipinski definition) is 2. The molecule has 1 atom stereocenters. The highest BCUT2D eigenvalue weighted by molar-refractivity contribution is 5.98. The molecule has 0 saturated carbocycles. The fourth-order valence-corrected chi connectivity index (χ4v) is 1.22. The predicted octanol–water partition coefficient (Wildman–Crippen LogP) is 0.627. The SMILES string of the molecule is CC(O[SiH3])c1cccc(N)c1. The molecular weight excluding hydrogens is 154 g/mol. The Hall–Kier alpha value is -0.803. The third kappa shape index (κ3) is 2.06. The molecule has 0 heterocycles. The lowest BCUT2D eigenvalue weighted by Crippen LogP contribution is -1.97. The van der Waals surface area contributed by atoms with E-state index in [1.165, 1.54) is 0 Å². The Labute approximate surface area is 69.9 Å². The molecular formula is C8H13NOSi. The minimum Gasteiger partial charge on any atom is -0.421 e. The van der Waals surface area contributed by atoms with Gasteiger partial charge in [0.15, 0.2) is 0 Å². The standard InChI is InChI=1S/C8H13NOSi/c1-6(10-11)7-3-2-4-8(9)5-7/h2-6H,9H2,1,11H3. The summed E-state index contributed by atoms with van der Waals surface area (Å²) in [7, 11) is 0.765. The van der Waals surface area contributed by atoms with Gasteiger partial charge in [-0.25, -0.2) is 0 Å². The van der Waals surface area contributed by atoms with Crippen molar-refractivity contribution in [1.82, 2.24) is 0 Å². The van der Waals surface area contributed by atoms with Crippen molar-refractivity contribution in [3.63, 3.8) is 0 Å². The van der Waals surface area contributed by atoms with Crippen LogP contribution in [0.15, 0.2) is 24.3 Å². The molecule has 0 radical (unpaired) electrons. The van der Waals surface area contributed by atoms with Crippen LogP contribution in [0.1, 0.15) is 18.6 Å². The van der Waals surface area contributed by atoms with Gasteiger partial charge in [0.05, 0.1) is 6.10 Å². The molecule has 2 N–H and O–H groups in total. The maximum atomic E-state index is 5.61. The van der Waals surface area contributed by atoms with Crippen molar-refractivity contribution in [2.75, 3.05) is 5.73 Å². The Morgan fingerprint density at radius 2 is 2.27 bits per heavy atom. The lowest BCUT2D eigenvalue weighted by atomic mass is 10.1. The summed E-state index contributed by atoms with van der Waals surface area (Å²) in [5, 5.41) is 0. The Morgan fingerprint density at radius 1 is 1.55 bits per heavy atom. The largest absolute Gasteiger partial charge is 0.421 e. The van der Waals surface area contributed by atoms with E-state index in [-0.39, 0.29) is 6.10 Å². The zero-order chi connectivity index (χ0) is 8.27. The van der Waals surface area contributed by atoms with Gasteiger partial charge in [-0.15, -0.1) is 0 Å². The molecule has 0 aliphatic heterocycles. The lowest BCUT2D eigenvalue weighted by Gasteiger charge is -2.10. The van der Waals surface area contributed by atoms with Gasteiger partial charge in [0.25, 0.3) is 0 Å². The van der Waals surface area contributed by atoms with Gasteiger partial charge in [0.1, 0.15) is 10.5 Å². The van der Waals surface area contributed by atoms with Crippen molar-refractivity contribution in [2.24, 2.45) is 0 Å². The minimum absolute atomic E-state index is 0.185. The zero-order valence-electron chi connectivity index (χ0n) is 6.87. The molecule has 0 bridgehead atoms. The smallest absolute Gasteiger partial charge is 0.146 e. The van der Waals surface area contributed by atoms with E-state index in [0.29, 0.717) is 0 Å². The fraction of sp³-hybridized carbons (Fsp3) is 0.250. The van der Waals surface area contributed by atoms with Crippen LogP contribution in [0.5, 0.6) is 0 Å². The first-order valence-electron chi connectivity index (χ1n) is 3.62. The summed E-state index contributed by atoms with van der Waals surface area (Å²) in [6.07, 6.45) is 0.185. The lowest BCUT2D eigenvalue weighted by molar-refractivity contribution is 0.251. The first-order valence-corrected chi connectivity index (χ1v) is 4.44. The van der Waals surface area contributed by atoms with Crippen LogP contribution in [-0.4, -0.2) is 10.5 Å². The van der Waals surface area contributed by atoms with Gasteiger partial charge in [-0.1, -0.05) is 12.1 Å². The van der Waals surface area contributed by atoms with Gasteiger partial charge in [0, 0.05) is 5.69 Å².